The van der Waals surface area contributed by atoms with E-state index in [4.69, 9.17) is 21.1 Å². The van der Waals surface area contributed by atoms with E-state index < -0.39 is 0 Å². The minimum atomic E-state index is 0.591. The van der Waals surface area contributed by atoms with Crippen LogP contribution in [0.3, 0.4) is 0 Å². The first-order valence-electron chi connectivity index (χ1n) is 8.03. The second-order valence-corrected chi connectivity index (χ2v) is 5.89. The summed E-state index contributed by atoms with van der Waals surface area (Å²) in [4.78, 5) is 0. The van der Waals surface area contributed by atoms with Gasteiger partial charge in [0.05, 0.1) is 13.7 Å². The van der Waals surface area contributed by atoms with Crippen molar-refractivity contribution in [1.82, 2.24) is 0 Å². The van der Waals surface area contributed by atoms with Crippen LogP contribution in [0, 0.1) is 6.92 Å². The molecular weight excluding hydrogens is 322 g/mol. The Bertz CT molecular complexity index is 713. The number of ether oxygens (including phenoxy) is 2. The first kappa shape index (κ1) is 18.2. The highest BCUT2D eigenvalue weighted by molar-refractivity contribution is 6.31. The Morgan fingerprint density at radius 1 is 1.29 bits per heavy atom. The molecule has 3 nitrogen and oxygen atoms in total. The second kappa shape index (κ2) is 8.65. The van der Waals surface area contributed by atoms with Crippen LogP contribution in [0.25, 0.3) is 0 Å². The quantitative estimate of drug-likeness (QED) is 0.650. The molecule has 2 aromatic carbocycles. The van der Waals surface area contributed by atoms with Crippen molar-refractivity contribution in [3.05, 3.63) is 64.7 Å². The third-order valence-corrected chi connectivity index (χ3v) is 4.22. The summed E-state index contributed by atoms with van der Waals surface area (Å²) in [6, 6.07) is 10.0. The Kier molecular flexibility index (Phi) is 6.56. The Morgan fingerprint density at radius 3 is 2.75 bits per heavy atom. The van der Waals surface area contributed by atoms with E-state index in [0.29, 0.717) is 13.2 Å². The van der Waals surface area contributed by atoms with Gasteiger partial charge in [-0.2, -0.15) is 0 Å². The highest BCUT2D eigenvalue weighted by Crippen LogP contribution is 2.34. The highest BCUT2D eigenvalue weighted by Gasteiger charge is 2.12. The molecule has 128 valence electrons. The van der Waals surface area contributed by atoms with Crippen LogP contribution in [0.5, 0.6) is 11.5 Å². The molecule has 0 aliphatic heterocycles. The zero-order valence-electron chi connectivity index (χ0n) is 14.5. The van der Waals surface area contributed by atoms with Gasteiger partial charge in [-0.1, -0.05) is 23.7 Å². The maximum Gasteiger partial charge on any atom is 0.164 e. The van der Waals surface area contributed by atoms with Crippen LogP contribution in [0.15, 0.2) is 43.0 Å². The molecule has 0 atom stereocenters. The normalized spacial score (nSPS) is 10.3. The van der Waals surface area contributed by atoms with Gasteiger partial charge in [0.25, 0.3) is 0 Å². The molecule has 0 bridgehead atoms. The minimum absolute atomic E-state index is 0.591. The third kappa shape index (κ3) is 4.24. The summed E-state index contributed by atoms with van der Waals surface area (Å²) in [5, 5.41) is 4.20. The zero-order chi connectivity index (χ0) is 17.5. The fourth-order valence-electron chi connectivity index (χ4n) is 2.62. The maximum absolute atomic E-state index is 6.18. The number of nitrogens with one attached hydrogen (secondary N) is 1. The molecule has 0 aliphatic carbocycles. The summed E-state index contributed by atoms with van der Waals surface area (Å²) >= 11 is 6.18. The van der Waals surface area contributed by atoms with Gasteiger partial charge in [-0.25, -0.2) is 0 Å². The van der Waals surface area contributed by atoms with Crippen LogP contribution in [0.1, 0.15) is 23.6 Å². The lowest BCUT2D eigenvalue weighted by atomic mass is 10.0. The second-order valence-electron chi connectivity index (χ2n) is 5.48. The Labute approximate surface area is 149 Å². The molecule has 0 unspecified atom stereocenters. The maximum atomic E-state index is 6.18. The van der Waals surface area contributed by atoms with Crippen molar-refractivity contribution in [3.8, 4) is 11.5 Å². The highest BCUT2D eigenvalue weighted by atomic mass is 35.5. The SMILES string of the molecule is C=CCc1cc(CNc2cccc(Cl)c2C)cc(OCC)c1OC. The summed E-state index contributed by atoms with van der Waals surface area (Å²) in [5.41, 5.74) is 4.26. The van der Waals surface area contributed by atoms with Gasteiger partial charge >= 0.3 is 0 Å². The zero-order valence-corrected chi connectivity index (χ0v) is 15.2. The van der Waals surface area contributed by atoms with Crippen LogP contribution in [-0.2, 0) is 13.0 Å². The van der Waals surface area contributed by atoms with Gasteiger partial charge in [0.2, 0.25) is 0 Å². The Balaban J connectivity index is 2.28. The van der Waals surface area contributed by atoms with Crippen LogP contribution in [-0.4, -0.2) is 13.7 Å². The number of benzene rings is 2. The first-order valence-corrected chi connectivity index (χ1v) is 8.41. The van der Waals surface area contributed by atoms with Crippen LogP contribution in [0.2, 0.25) is 5.02 Å². The summed E-state index contributed by atoms with van der Waals surface area (Å²) in [6.45, 7) is 9.06. The summed E-state index contributed by atoms with van der Waals surface area (Å²) in [6.07, 6.45) is 2.60. The largest absolute Gasteiger partial charge is 0.493 e. The van der Waals surface area contributed by atoms with Gasteiger partial charge in [0.15, 0.2) is 11.5 Å². The lowest BCUT2D eigenvalue weighted by Gasteiger charge is -2.17. The smallest absolute Gasteiger partial charge is 0.164 e. The first-order chi connectivity index (χ1) is 11.6. The molecule has 2 aromatic rings. The topological polar surface area (TPSA) is 30.5 Å². The van der Waals surface area contributed by atoms with Gasteiger partial charge in [-0.3, -0.25) is 0 Å². The van der Waals surface area contributed by atoms with Gasteiger partial charge in [-0.15, -0.1) is 6.58 Å². The van der Waals surface area contributed by atoms with Crippen molar-refractivity contribution in [2.45, 2.75) is 26.8 Å². The fraction of sp³-hybridized carbons (Fsp3) is 0.300. The monoisotopic (exact) mass is 345 g/mol. The van der Waals surface area contributed by atoms with E-state index in [9.17, 15) is 0 Å². The standard InChI is InChI=1S/C20H24ClNO2/c1-5-8-16-11-15(12-19(24-6-2)20(16)23-4)13-22-18-10-7-9-17(21)14(18)3/h5,7,9-12,22H,1,6,8,13H2,2-4H3. The predicted molar refractivity (Wildman–Crippen MR) is 102 cm³/mol. The molecule has 0 heterocycles. The van der Waals surface area contributed by atoms with Crippen molar-refractivity contribution >= 4 is 17.3 Å². The van der Waals surface area contributed by atoms with Crippen molar-refractivity contribution in [2.75, 3.05) is 19.0 Å². The third-order valence-electron chi connectivity index (χ3n) is 3.81. The van der Waals surface area contributed by atoms with E-state index in [1.54, 1.807) is 7.11 Å². The average Bonchev–Trinajstić information content (AvgIpc) is 2.57. The molecule has 0 spiro atoms. The molecule has 0 saturated carbocycles. The Hall–Kier alpha value is -2.13. The van der Waals surface area contributed by atoms with Crippen LogP contribution >= 0.6 is 11.6 Å². The van der Waals surface area contributed by atoms with E-state index in [1.165, 1.54) is 0 Å². The van der Waals surface area contributed by atoms with Gasteiger partial charge in [0.1, 0.15) is 0 Å². The van der Waals surface area contributed by atoms with Crippen molar-refractivity contribution in [1.29, 1.82) is 0 Å². The molecule has 0 amide bonds. The van der Waals surface area contributed by atoms with Crippen molar-refractivity contribution in [2.24, 2.45) is 0 Å². The lowest BCUT2D eigenvalue weighted by Crippen LogP contribution is -2.05. The fourth-order valence-corrected chi connectivity index (χ4v) is 2.80. The molecular formula is C20H24ClNO2. The molecule has 4 heteroatoms. The molecule has 0 saturated heterocycles. The summed E-state index contributed by atoms with van der Waals surface area (Å²) in [7, 11) is 1.66. The van der Waals surface area contributed by atoms with Crippen molar-refractivity contribution in [3.63, 3.8) is 0 Å². The lowest BCUT2D eigenvalue weighted by molar-refractivity contribution is 0.309. The number of rotatable bonds is 8. The van der Waals surface area contributed by atoms with E-state index >= 15 is 0 Å². The van der Waals surface area contributed by atoms with Gasteiger partial charge < -0.3 is 14.8 Å². The minimum Gasteiger partial charge on any atom is -0.493 e. The number of hydrogen-bond donors (Lipinski definition) is 1. The molecule has 0 aromatic heterocycles. The molecule has 0 fully saturated rings. The molecule has 0 aliphatic rings. The van der Waals surface area contributed by atoms with Gasteiger partial charge in [-0.05, 0) is 55.7 Å². The number of anilines is 1. The van der Waals surface area contributed by atoms with E-state index in [2.05, 4.69) is 18.0 Å². The van der Waals surface area contributed by atoms with Crippen molar-refractivity contribution < 1.29 is 9.47 Å². The summed E-state index contributed by atoms with van der Waals surface area (Å²) < 4.78 is 11.3. The van der Waals surface area contributed by atoms with Crippen LogP contribution < -0.4 is 14.8 Å². The average molecular weight is 346 g/mol. The van der Waals surface area contributed by atoms with E-state index in [0.717, 1.165) is 45.3 Å². The molecule has 0 radical (unpaired) electrons. The van der Waals surface area contributed by atoms with Crippen LogP contribution in [0.4, 0.5) is 5.69 Å². The molecule has 2 rings (SSSR count). The van der Waals surface area contributed by atoms with E-state index in [-0.39, 0.29) is 0 Å². The number of allylic oxidation sites excluding steroid dienone is 1. The molecule has 1 N–H and O–H groups in total. The number of hydrogen-bond acceptors (Lipinski definition) is 3. The Morgan fingerprint density at radius 2 is 2.08 bits per heavy atom. The molecule has 24 heavy (non-hydrogen) atoms. The number of halogens is 1. The van der Waals surface area contributed by atoms with E-state index in [1.807, 2.05) is 44.2 Å². The number of methoxy groups -OCH3 is 1. The predicted octanol–water partition coefficient (Wildman–Crippen LogP) is 5.40. The van der Waals surface area contributed by atoms with Gasteiger partial charge in [0, 0.05) is 22.8 Å². The summed E-state index contributed by atoms with van der Waals surface area (Å²) in [5.74, 6) is 1.54.